The number of imidazole rings is 1. The average molecular weight is 394 g/mol. The summed E-state index contributed by atoms with van der Waals surface area (Å²) in [6.07, 6.45) is 0. The smallest absolute Gasteiger partial charge is 0.148 e. The third-order valence-electron chi connectivity index (χ3n) is 5.30. The van der Waals surface area contributed by atoms with Crippen molar-refractivity contribution in [3.63, 3.8) is 0 Å². The standard InChI is InChI=1S/C26H22N2O2/c1-29-22-9-6-10-23(16-22)30-18-26-27-24-11-4-5-12-25(24)28(26)17-19-13-14-20-7-2-3-8-21(20)15-19/h2-16H,17-18H2,1H3. The normalized spacial score (nSPS) is 11.1. The minimum atomic E-state index is 0.384. The lowest BCUT2D eigenvalue weighted by Crippen LogP contribution is -2.08. The Morgan fingerprint density at radius 3 is 2.47 bits per heavy atom. The zero-order valence-corrected chi connectivity index (χ0v) is 16.8. The van der Waals surface area contributed by atoms with Gasteiger partial charge in [0.25, 0.3) is 0 Å². The number of rotatable bonds is 6. The molecule has 0 amide bonds. The molecule has 5 aromatic rings. The molecule has 30 heavy (non-hydrogen) atoms. The molecule has 0 bridgehead atoms. The summed E-state index contributed by atoms with van der Waals surface area (Å²) in [5.74, 6) is 2.43. The fourth-order valence-corrected chi connectivity index (χ4v) is 3.77. The number of ether oxygens (including phenoxy) is 2. The van der Waals surface area contributed by atoms with Gasteiger partial charge in [0.2, 0.25) is 0 Å². The molecule has 4 aromatic carbocycles. The molecule has 0 saturated carbocycles. The van der Waals surface area contributed by atoms with Crippen molar-refractivity contribution in [3.05, 3.63) is 102 Å². The lowest BCUT2D eigenvalue weighted by Gasteiger charge is -2.12. The SMILES string of the molecule is COc1cccc(OCc2nc3ccccc3n2Cc2ccc3ccccc3c2)c1. The summed E-state index contributed by atoms with van der Waals surface area (Å²) in [5.41, 5.74) is 3.32. The van der Waals surface area contributed by atoms with Crippen LogP contribution < -0.4 is 9.47 Å². The van der Waals surface area contributed by atoms with Gasteiger partial charge < -0.3 is 14.0 Å². The highest BCUT2D eigenvalue weighted by atomic mass is 16.5. The van der Waals surface area contributed by atoms with Crippen LogP contribution in [0.5, 0.6) is 11.5 Å². The lowest BCUT2D eigenvalue weighted by atomic mass is 10.1. The second-order valence-electron chi connectivity index (χ2n) is 7.25. The van der Waals surface area contributed by atoms with Crippen molar-refractivity contribution in [2.24, 2.45) is 0 Å². The van der Waals surface area contributed by atoms with E-state index in [-0.39, 0.29) is 0 Å². The first-order valence-electron chi connectivity index (χ1n) is 9.99. The molecular weight excluding hydrogens is 372 g/mol. The van der Waals surface area contributed by atoms with E-state index in [0.29, 0.717) is 6.61 Å². The number of para-hydroxylation sites is 2. The van der Waals surface area contributed by atoms with E-state index in [1.807, 2.05) is 42.5 Å². The molecule has 0 radical (unpaired) electrons. The van der Waals surface area contributed by atoms with Crippen molar-refractivity contribution in [2.75, 3.05) is 7.11 Å². The molecular formula is C26H22N2O2. The Kier molecular flexibility index (Phi) is 4.81. The van der Waals surface area contributed by atoms with Crippen molar-refractivity contribution in [1.82, 2.24) is 9.55 Å². The van der Waals surface area contributed by atoms with Gasteiger partial charge in [-0.1, -0.05) is 54.6 Å². The van der Waals surface area contributed by atoms with Gasteiger partial charge in [-0.3, -0.25) is 0 Å². The molecule has 1 aromatic heterocycles. The zero-order chi connectivity index (χ0) is 20.3. The van der Waals surface area contributed by atoms with Gasteiger partial charge in [-0.05, 0) is 46.7 Å². The van der Waals surface area contributed by atoms with Gasteiger partial charge in [-0.2, -0.15) is 0 Å². The van der Waals surface area contributed by atoms with Crippen molar-refractivity contribution in [3.8, 4) is 11.5 Å². The monoisotopic (exact) mass is 394 g/mol. The molecule has 5 rings (SSSR count). The molecule has 4 nitrogen and oxygen atoms in total. The number of benzene rings is 4. The number of hydrogen-bond donors (Lipinski definition) is 0. The fourth-order valence-electron chi connectivity index (χ4n) is 3.77. The predicted octanol–water partition coefficient (Wildman–Crippen LogP) is 5.83. The third-order valence-corrected chi connectivity index (χ3v) is 5.30. The van der Waals surface area contributed by atoms with Crippen LogP contribution in [0.1, 0.15) is 11.4 Å². The Labute approximate surface area is 175 Å². The highest BCUT2D eigenvalue weighted by molar-refractivity contribution is 5.83. The van der Waals surface area contributed by atoms with Crippen LogP contribution in [-0.2, 0) is 13.2 Å². The highest BCUT2D eigenvalue weighted by Gasteiger charge is 2.12. The summed E-state index contributed by atoms with van der Waals surface area (Å²) in [6, 6.07) is 30.9. The van der Waals surface area contributed by atoms with Crippen molar-refractivity contribution < 1.29 is 9.47 Å². The van der Waals surface area contributed by atoms with Crippen molar-refractivity contribution >= 4 is 21.8 Å². The third kappa shape index (κ3) is 3.60. The lowest BCUT2D eigenvalue weighted by molar-refractivity contribution is 0.289. The number of nitrogens with zero attached hydrogens (tertiary/aromatic N) is 2. The van der Waals surface area contributed by atoms with E-state index < -0.39 is 0 Å². The number of aromatic nitrogens is 2. The van der Waals surface area contributed by atoms with E-state index in [4.69, 9.17) is 14.5 Å². The summed E-state index contributed by atoms with van der Waals surface area (Å²) in [6.45, 7) is 1.12. The number of hydrogen-bond acceptors (Lipinski definition) is 3. The summed E-state index contributed by atoms with van der Waals surface area (Å²) >= 11 is 0. The molecule has 1 heterocycles. The van der Waals surface area contributed by atoms with E-state index >= 15 is 0 Å². The Morgan fingerprint density at radius 2 is 1.57 bits per heavy atom. The average Bonchev–Trinajstić information content (AvgIpc) is 3.15. The van der Waals surface area contributed by atoms with Gasteiger partial charge in [-0.25, -0.2) is 4.98 Å². The maximum absolute atomic E-state index is 6.05. The summed E-state index contributed by atoms with van der Waals surface area (Å²) in [7, 11) is 1.65. The maximum Gasteiger partial charge on any atom is 0.148 e. The molecule has 148 valence electrons. The Balaban J connectivity index is 1.48. The molecule has 0 aliphatic carbocycles. The van der Waals surface area contributed by atoms with Crippen LogP contribution in [0.15, 0.2) is 91.0 Å². The Morgan fingerprint density at radius 1 is 0.767 bits per heavy atom. The highest BCUT2D eigenvalue weighted by Crippen LogP contribution is 2.23. The van der Waals surface area contributed by atoms with Crippen LogP contribution in [0.3, 0.4) is 0 Å². The van der Waals surface area contributed by atoms with Crippen LogP contribution in [-0.4, -0.2) is 16.7 Å². The molecule has 0 N–H and O–H groups in total. The first-order valence-corrected chi connectivity index (χ1v) is 9.99. The number of methoxy groups -OCH3 is 1. The van der Waals surface area contributed by atoms with E-state index in [1.165, 1.54) is 16.3 Å². The minimum Gasteiger partial charge on any atom is -0.497 e. The fraction of sp³-hybridized carbons (Fsp3) is 0.115. The van der Waals surface area contributed by atoms with Gasteiger partial charge in [0, 0.05) is 12.6 Å². The van der Waals surface area contributed by atoms with E-state index in [9.17, 15) is 0 Å². The summed E-state index contributed by atoms with van der Waals surface area (Å²) < 4.78 is 13.6. The molecule has 0 unspecified atom stereocenters. The van der Waals surface area contributed by atoms with Gasteiger partial charge in [0.15, 0.2) is 0 Å². The van der Waals surface area contributed by atoms with Gasteiger partial charge in [0.1, 0.15) is 23.9 Å². The Bertz CT molecular complexity index is 1320. The summed E-state index contributed by atoms with van der Waals surface area (Å²) in [4.78, 5) is 4.84. The van der Waals surface area contributed by atoms with Crippen LogP contribution >= 0.6 is 0 Å². The first kappa shape index (κ1) is 18.3. The maximum atomic E-state index is 6.05. The Hall–Kier alpha value is -3.79. The molecule has 4 heteroatoms. The zero-order valence-electron chi connectivity index (χ0n) is 16.8. The van der Waals surface area contributed by atoms with Crippen LogP contribution in [0.2, 0.25) is 0 Å². The van der Waals surface area contributed by atoms with Crippen LogP contribution in [0.4, 0.5) is 0 Å². The predicted molar refractivity (Wildman–Crippen MR) is 120 cm³/mol. The van der Waals surface area contributed by atoms with Gasteiger partial charge >= 0.3 is 0 Å². The second-order valence-corrected chi connectivity index (χ2v) is 7.25. The molecule has 0 aliphatic heterocycles. The van der Waals surface area contributed by atoms with Crippen molar-refractivity contribution in [2.45, 2.75) is 13.2 Å². The molecule has 0 spiro atoms. The van der Waals surface area contributed by atoms with Gasteiger partial charge in [0.05, 0.1) is 18.1 Å². The largest absolute Gasteiger partial charge is 0.497 e. The second kappa shape index (κ2) is 7.91. The summed E-state index contributed by atoms with van der Waals surface area (Å²) in [5, 5.41) is 2.49. The molecule has 0 atom stereocenters. The minimum absolute atomic E-state index is 0.384. The topological polar surface area (TPSA) is 36.3 Å². The van der Waals surface area contributed by atoms with E-state index in [0.717, 1.165) is 34.9 Å². The quantitative estimate of drug-likeness (QED) is 0.364. The van der Waals surface area contributed by atoms with Gasteiger partial charge in [-0.15, -0.1) is 0 Å². The number of fused-ring (bicyclic) bond motifs is 2. The molecule has 0 saturated heterocycles. The van der Waals surface area contributed by atoms with Crippen molar-refractivity contribution in [1.29, 1.82) is 0 Å². The first-order chi connectivity index (χ1) is 14.8. The van der Waals surface area contributed by atoms with Crippen LogP contribution in [0.25, 0.3) is 21.8 Å². The van der Waals surface area contributed by atoms with Crippen LogP contribution in [0, 0.1) is 0 Å². The van der Waals surface area contributed by atoms with E-state index in [1.54, 1.807) is 7.11 Å². The molecule has 0 fully saturated rings. The van der Waals surface area contributed by atoms with E-state index in [2.05, 4.69) is 53.1 Å². The molecule has 0 aliphatic rings.